The van der Waals surface area contributed by atoms with Gasteiger partial charge in [-0.25, -0.2) is 0 Å². The maximum atomic E-state index is 12.2. The summed E-state index contributed by atoms with van der Waals surface area (Å²) in [7, 11) is 0. The molecule has 2 rings (SSSR count). The second-order valence-electron chi connectivity index (χ2n) is 5.54. The van der Waals surface area contributed by atoms with Gasteiger partial charge in [-0.15, -0.1) is 0 Å². The molecule has 0 aromatic heterocycles. The van der Waals surface area contributed by atoms with Gasteiger partial charge < -0.3 is 10.2 Å². The van der Waals surface area contributed by atoms with Crippen LogP contribution in [-0.2, 0) is 16.1 Å². The largest absolute Gasteiger partial charge is 0.329 e. The van der Waals surface area contributed by atoms with Gasteiger partial charge in [0.1, 0.15) is 6.54 Å². The van der Waals surface area contributed by atoms with Crippen molar-refractivity contribution >= 4 is 40.7 Å². The lowest BCUT2D eigenvalue weighted by molar-refractivity contribution is -0.133. The van der Waals surface area contributed by atoms with Crippen LogP contribution in [0.15, 0.2) is 42.5 Å². The Morgan fingerprint density at radius 2 is 1.71 bits per heavy atom. The molecule has 0 radical (unpaired) electrons. The van der Waals surface area contributed by atoms with Crippen LogP contribution in [0.4, 0.5) is 5.69 Å². The van der Waals surface area contributed by atoms with Crippen LogP contribution in [0, 0.1) is 6.92 Å². The van der Waals surface area contributed by atoms with Gasteiger partial charge in [0.25, 0.3) is 0 Å². The molecule has 2 amide bonds. The molecular formula is C18H18Cl2N2O2. The molecule has 6 heteroatoms. The number of hydrogen-bond acceptors (Lipinski definition) is 2. The third-order valence-electron chi connectivity index (χ3n) is 3.48. The van der Waals surface area contributed by atoms with Crippen LogP contribution in [0.2, 0.25) is 10.0 Å². The zero-order chi connectivity index (χ0) is 17.7. The van der Waals surface area contributed by atoms with E-state index in [1.54, 1.807) is 18.2 Å². The standard InChI is InChI=1S/C18H18Cl2N2O2/c1-12-3-5-14(6-4-12)10-22(13(2)23)11-18(24)21-15-7-8-16(19)17(20)9-15/h3-9H,10-11H2,1-2H3,(H,21,24). The van der Waals surface area contributed by atoms with Crippen molar-refractivity contribution in [2.45, 2.75) is 20.4 Å². The van der Waals surface area contributed by atoms with Crippen molar-refractivity contribution in [1.82, 2.24) is 4.90 Å². The summed E-state index contributed by atoms with van der Waals surface area (Å²) in [6, 6.07) is 12.7. The van der Waals surface area contributed by atoms with Gasteiger partial charge in [-0.2, -0.15) is 0 Å². The highest BCUT2D eigenvalue weighted by Crippen LogP contribution is 2.25. The molecule has 0 bridgehead atoms. The average Bonchev–Trinajstić information content (AvgIpc) is 2.52. The quantitative estimate of drug-likeness (QED) is 0.859. The third kappa shape index (κ3) is 5.25. The molecule has 0 aliphatic rings. The number of halogens is 2. The molecule has 0 atom stereocenters. The minimum Gasteiger partial charge on any atom is -0.329 e. The number of nitrogens with one attached hydrogen (secondary N) is 1. The van der Waals surface area contributed by atoms with Gasteiger partial charge in [0.15, 0.2) is 0 Å². The average molecular weight is 365 g/mol. The second kappa shape index (κ2) is 8.18. The topological polar surface area (TPSA) is 49.4 Å². The van der Waals surface area contributed by atoms with Crippen LogP contribution in [0.25, 0.3) is 0 Å². The summed E-state index contributed by atoms with van der Waals surface area (Å²) in [5.74, 6) is -0.462. The lowest BCUT2D eigenvalue weighted by atomic mass is 10.1. The molecule has 1 N–H and O–H groups in total. The number of amides is 2. The fourth-order valence-corrected chi connectivity index (χ4v) is 2.44. The van der Waals surface area contributed by atoms with Crippen molar-refractivity contribution in [1.29, 1.82) is 0 Å². The molecule has 0 heterocycles. The van der Waals surface area contributed by atoms with E-state index >= 15 is 0 Å². The minimum absolute atomic E-state index is 0.0382. The SMILES string of the molecule is CC(=O)N(CC(=O)Nc1ccc(Cl)c(Cl)c1)Cc1ccc(C)cc1. The zero-order valence-electron chi connectivity index (χ0n) is 13.5. The van der Waals surface area contributed by atoms with Crippen molar-refractivity contribution in [3.63, 3.8) is 0 Å². The van der Waals surface area contributed by atoms with E-state index in [1.807, 2.05) is 31.2 Å². The molecule has 0 saturated heterocycles. The number of anilines is 1. The normalized spacial score (nSPS) is 10.3. The molecule has 0 aliphatic heterocycles. The highest BCUT2D eigenvalue weighted by molar-refractivity contribution is 6.42. The lowest BCUT2D eigenvalue weighted by Gasteiger charge is -2.21. The first-order valence-corrected chi connectivity index (χ1v) is 8.16. The number of nitrogens with zero attached hydrogens (tertiary/aromatic N) is 1. The molecule has 24 heavy (non-hydrogen) atoms. The van der Waals surface area contributed by atoms with Crippen molar-refractivity contribution < 1.29 is 9.59 Å². The van der Waals surface area contributed by atoms with Crippen molar-refractivity contribution in [3.8, 4) is 0 Å². The maximum Gasteiger partial charge on any atom is 0.244 e. The molecule has 2 aromatic rings. The van der Waals surface area contributed by atoms with Crippen LogP contribution >= 0.6 is 23.2 Å². The van der Waals surface area contributed by atoms with Gasteiger partial charge in [0.05, 0.1) is 10.0 Å². The Hall–Kier alpha value is -2.04. The Labute approximate surface area is 151 Å². The molecule has 126 valence electrons. The highest BCUT2D eigenvalue weighted by Gasteiger charge is 2.14. The van der Waals surface area contributed by atoms with E-state index < -0.39 is 0 Å². The maximum absolute atomic E-state index is 12.2. The van der Waals surface area contributed by atoms with Crippen LogP contribution in [0.3, 0.4) is 0 Å². The van der Waals surface area contributed by atoms with Crippen molar-refractivity contribution in [2.24, 2.45) is 0 Å². The summed E-state index contributed by atoms with van der Waals surface area (Å²) in [6.45, 7) is 3.78. The van der Waals surface area contributed by atoms with Crippen LogP contribution < -0.4 is 5.32 Å². The molecule has 4 nitrogen and oxygen atoms in total. The minimum atomic E-state index is -0.296. The number of hydrogen-bond donors (Lipinski definition) is 1. The van der Waals surface area contributed by atoms with E-state index in [0.29, 0.717) is 22.3 Å². The Bertz CT molecular complexity index is 745. The smallest absolute Gasteiger partial charge is 0.244 e. The molecular weight excluding hydrogens is 347 g/mol. The van der Waals surface area contributed by atoms with E-state index in [1.165, 1.54) is 11.8 Å². The zero-order valence-corrected chi connectivity index (χ0v) is 15.0. The van der Waals surface area contributed by atoms with Crippen molar-refractivity contribution in [3.05, 3.63) is 63.6 Å². The van der Waals surface area contributed by atoms with Crippen LogP contribution in [0.5, 0.6) is 0 Å². The number of carbonyl (C=O) groups excluding carboxylic acids is 2. The number of rotatable bonds is 5. The first-order chi connectivity index (χ1) is 11.3. The Morgan fingerprint density at radius 1 is 1.04 bits per heavy atom. The predicted octanol–water partition coefficient (Wildman–Crippen LogP) is 4.29. The summed E-state index contributed by atoms with van der Waals surface area (Å²) in [4.78, 5) is 25.5. The van der Waals surface area contributed by atoms with Crippen LogP contribution in [0.1, 0.15) is 18.1 Å². The van der Waals surface area contributed by atoms with Gasteiger partial charge in [-0.1, -0.05) is 53.0 Å². The van der Waals surface area contributed by atoms with Crippen molar-refractivity contribution in [2.75, 3.05) is 11.9 Å². The monoisotopic (exact) mass is 364 g/mol. The lowest BCUT2D eigenvalue weighted by Crippen LogP contribution is -2.36. The molecule has 0 saturated carbocycles. The molecule has 0 fully saturated rings. The first kappa shape index (κ1) is 18.3. The number of carbonyl (C=O) groups is 2. The van der Waals surface area contributed by atoms with Gasteiger partial charge >= 0.3 is 0 Å². The summed E-state index contributed by atoms with van der Waals surface area (Å²) in [5.41, 5.74) is 2.65. The van der Waals surface area contributed by atoms with E-state index in [9.17, 15) is 9.59 Å². The van der Waals surface area contributed by atoms with Gasteiger partial charge in [0, 0.05) is 19.2 Å². The van der Waals surface area contributed by atoms with E-state index in [0.717, 1.165) is 11.1 Å². The van der Waals surface area contributed by atoms with E-state index in [2.05, 4.69) is 5.32 Å². The third-order valence-corrected chi connectivity index (χ3v) is 4.22. The second-order valence-corrected chi connectivity index (χ2v) is 6.35. The molecule has 0 spiro atoms. The van der Waals surface area contributed by atoms with Gasteiger partial charge in [0.2, 0.25) is 11.8 Å². The summed E-state index contributed by atoms with van der Waals surface area (Å²) in [6.07, 6.45) is 0. The Morgan fingerprint density at radius 3 is 2.29 bits per heavy atom. The summed E-state index contributed by atoms with van der Waals surface area (Å²) >= 11 is 11.8. The van der Waals surface area contributed by atoms with Gasteiger partial charge in [-0.05, 0) is 30.7 Å². The fraction of sp³-hybridized carbons (Fsp3) is 0.222. The number of aryl methyl sites for hydroxylation is 1. The Kier molecular flexibility index (Phi) is 6.23. The molecule has 0 unspecified atom stereocenters. The highest BCUT2D eigenvalue weighted by atomic mass is 35.5. The fourth-order valence-electron chi connectivity index (χ4n) is 2.14. The number of benzene rings is 2. The van der Waals surface area contributed by atoms with E-state index in [-0.39, 0.29) is 18.4 Å². The molecule has 2 aromatic carbocycles. The summed E-state index contributed by atoms with van der Waals surface area (Å²) in [5, 5.41) is 3.49. The van der Waals surface area contributed by atoms with Gasteiger partial charge in [-0.3, -0.25) is 9.59 Å². The molecule has 0 aliphatic carbocycles. The first-order valence-electron chi connectivity index (χ1n) is 7.41. The Balaban J connectivity index is 2.01. The van der Waals surface area contributed by atoms with Crippen LogP contribution in [-0.4, -0.2) is 23.3 Å². The van der Waals surface area contributed by atoms with E-state index in [4.69, 9.17) is 23.2 Å². The predicted molar refractivity (Wildman–Crippen MR) is 97.4 cm³/mol. The summed E-state index contributed by atoms with van der Waals surface area (Å²) < 4.78 is 0.